The maximum Gasteiger partial charge on any atom is 0.339 e. The van der Waals surface area contributed by atoms with Crippen LogP contribution in [0.2, 0.25) is 5.02 Å². The van der Waals surface area contributed by atoms with Crippen LogP contribution in [0, 0.1) is 0 Å². The van der Waals surface area contributed by atoms with E-state index in [4.69, 9.17) is 11.6 Å². The SMILES string of the molecule is O=C(O)c1ccn2c1nc(Nc1cccc(Cl)c1)c1ccncc12. The van der Waals surface area contributed by atoms with Gasteiger partial charge in [0, 0.05) is 28.5 Å². The molecular weight excluding hydrogens is 328 g/mol. The molecule has 4 aromatic rings. The van der Waals surface area contributed by atoms with Crippen molar-refractivity contribution in [1.29, 1.82) is 0 Å². The molecule has 1 aromatic carbocycles. The Labute approximate surface area is 141 Å². The zero-order chi connectivity index (χ0) is 16.7. The van der Waals surface area contributed by atoms with Crippen LogP contribution >= 0.6 is 11.6 Å². The van der Waals surface area contributed by atoms with Gasteiger partial charge in [-0.05, 0) is 30.3 Å². The fraction of sp³-hybridized carbons (Fsp3) is 0. The van der Waals surface area contributed by atoms with Gasteiger partial charge in [0.1, 0.15) is 11.4 Å². The number of nitrogens with one attached hydrogen (secondary N) is 1. The average molecular weight is 339 g/mol. The van der Waals surface area contributed by atoms with Gasteiger partial charge in [-0.1, -0.05) is 17.7 Å². The third-order valence-electron chi connectivity index (χ3n) is 3.71. The van der Waals surface area contributed by atoms with Gasteiger partial charge < -0.3 is 10.4 Å². The Bertz CT molecular complexity index is 1090. The van der Waals surface area contributed by atoms with E-state index in [9.17, 15) is 9.90 Å². The van der Waals surface area contributed by atoms with Crippen molar-refractivity contribution in [2.45, 2.75) is 0 Å². The second kappa shape index (κ2) is 5.50. The van der Waals surface area contributed by atoms with Crippen LogP contribution in [0.4, 0.5) is 11.5 Å². The summed E-state index contributed by atoms with van der Waals surface area (Å²) in [5.41, 5.74) is 2.02. The molecule has 4 rings (SSSR count). The van der Waals surface area contributed by atoms with Crippen molar-refractivity contribution in [3.8, 4) is 0 Å². The Morgan fingerprint density at radius 3 is 2.92 bits per heavy atom. The Balaban J connectivity index is 1.98. The smallest absolute Gasteiger partial charge is 0.339 e. The molecule has 118 valence electrons. The van der Waals surface area contributed by atoms with Crippen LogP contribution in [0.3, 0.4) is 0 Å². The molecule has 0 saturated heterocycles. The molecule has 3 aromatic heterocycles. The molecule has 7 heteroatoms. The number of rotatable bonds is 3. The molecule has 0 spiro atoms. The van der Waals surface area contributed by atoms with Crippen LogP contribution in [0.25, 0.3) is 16.6 Å². The molecule has 0 aliphatic heterocycles. The normalized spacial score (nSPS) is 11.0. The van der Waals surface area contributed by atoms with Gasteiger partial charge in [-0.15, -0.1) is 0 Å². The summed E-state index contributed by atoms with van der Waals surface area (Å²) >= 11 is 6.02. The number of hydrogen-bond donors (Lipinski definition) is 2. The number of carboxylic acids is 1. The molecule has 0 aliphatic rings. The number of fused-ring (bicyclic) bond motifs is 3. The fourth-order valence-electron chi connectivity index (χ4n) is 2.64. The molecule has 0 aliphatic carbocycles. The van der Waals surface area contributed by atoms with Crippen LogP contribution in [0.1, 0.15) is 10.4 Å². The highest BCUT2D eigenvalue weighted by Gasteiger charge is 2.16. The Morgan fingerprint density at radius 1 is 1.25 bits per heavy atom. The predicted molar refractivity (Wildman–Crippen MR) is 92.2 cm³/mol. The molecule has 0 atom stereocenters. The first kappa shape index (κ1) is 14.5. The third-order valence-corrected chi connectivity index (χ3v) is 3.94. The number of carboxylic acid groups (broad SMARTS) is 1. The first-order valence-electron chi connectivity index (χ1n) is 7.14. The molecule has 0 bridgehead atoms. The lowest BCUT2D eigenvalue weighted by molar-refractivity contribution is 0.0699. The summed E-state index contributed by atoms with van der Waals surface area (Å²) in [6.07, 6.45) is 5.03. The van der Waals surface area contributed by atoms with Crippen molar-refractivity contribution in [2.24, 2.45) is 0 Å². The Kier molecular flexibility index (Phi) is 3.32. The molecule has 0 amide bonds. The van der Waals surface area contributed by atoms with Crippen LogP contribution in [0.5, 0.6) is 0 Å². The summed E-state index contributed by atoms with van der Waals surface area (Å²) in [5.74, 6) is -0.481. The highest BCUT2D eigenvalue weighted by atomic mass is 35.5. The van der Waals surface area contributed by atoms with Gasteiger partial charge >= 0.3 is 5.97 Å². The van der Waals surface area contributed by atoms with Gasteiger partial charge in [0.15, 0.2) is 5.65 Å². The summed E-state index contributed by atoms with van der Waals surface area (Å²) in [5, 5.41) is 14.0. The van der Waals surface area contributed by atoms with Crippen molar-refractivity contribution in [3.05, 3.63) is 65.6 Å². The number of carbonyl (C=O) groups is 1. The number of pyridine rings is 1. The number of hydrogen-bond acceptors (Lipinski definition) is 4. The van der Waals surface area contributed by atoms with Gasteiger partial charge in [-0.3, -0.25) is 9.38 Å². The van der Waals surface area contributed by atoms with Crippen molar-refractivity contribution in [1.82, 2.24) is 14.4 Å². The minimum atomic E-state index is -1.03. The first-order valence-corrected chi connectivity index (χ1v) is 7.52. The summed E-state index contributed by atoms with van der Waals surface area (Å²) in [4.78, 5) is 20.1. The zero-order valence-electron chi connectivity index (χ0n) is 12.3. The standard InChI is InChI=1S/C17H11ClN4O2/c18-10-2-1-3-11(8-10)20-15-12-4-6-19-9-14(12)22-7-5-13(17(23)24)16(22)21-15/h1-9H,(H,20,21)(H,23,24). The summed E-state index contributed by atoms with van der Waals surface area (Å²) < 4.78 is 1.72. The number of aromatic nitrogens is 3. The summed E-state index contributed by atoms with van der Waals surface area (Å²) in [6.45, 7) is 0. The van der Waals surface area contributed by atoms with Gasteiger partial charge in [0.25, 0.3) is 0 Å². The molecule has 3 heterocycles. The maximum absolute atomic E-state index is 11.4. The molecule has 2 N–H and O–H groups in total. The number of benzene rings is 1. The molecule has 0 radical (unpaired) electrons. The highest BCUT2D eigenvalue weighted by Crippen LogP contribution is 2.28. The number of anilines is 2. The molecular formula is C17H11ClN4O2. The third kappa shape index (κ3) is 2.33. The van der Waals surface area contributed by atoms with Gasteiger partial charge in [0.2, 0.25) is 0 Å². The van der Waals surface area contributed by atoms with Crippen molar-refractivity contribution >= 4 is 45.6 Å². The predicted octanol–water partition coefficient (Wildman–Crippen LogP) is 3.98. The van der Waals surface area contributed by atoms with E-state index >= 15 is 0 Å². The van der Waals surface area contributed by atoms with Crippen LogP contribution < -0.4 is 5.32 Å². The molecule has 6 nitrogen and oxygen atoms in total. The first-order chi connectivity index (χ1) is 11.6. The van der Waals surface area contributed by atoms with E-state index in [1.165, 1.54) is 6.07 Å². The molecule has 24 heavy (non-hydrogen) atoms. The van der Waals surface area contributed by atoms with E-state index < -0.39 is 5.97 Å². The van der Waals surface area contributed by atoms with Crippen LogP contribution in [-0.2, 0) is 0 Å². The van der Waals surface area contributed by atoms with Crippen molar-refractivity contribution in [2.75, 3.05) is 5.32 Å². The fourth-order valence-corrected chi connectivity index (χ4v) is 2.83. The second-order valence-electron chi connectivity index (χ2n) is 5.22. The molecule has 0 fully saturated rings. The minimum absolute atomic E-state index is 0.134. The largest absolute Gasteiger partial charge is 0.478 e. The van der Waals surface area contributed by atoms with Crippen LogP contribution in [-0.4, -0.2) is 25.4 Å². The molecule has 0 unspecified atom stereocenters. The number of halogens is 1. The zero-order valence-corrected chi connectivity index (χ0v) is 13.0. The van der Waals surface area contributed by atoms with Crippen molar-refractivity contribution < 1.29 is 9.90 Å². The van der Waals surface area contributed by atoms with E-state index in [0.29, 0.717) is 16.5 Å². The van der Waals surface area contributed by atoms with Gasteiger partial charge in [-0.25, -0.2) is 9.78 Å². The Morgan fingerprint density at radius 2 is 2.12 bits per heavy atom. The maximum atomic E-state index is 11.4. The minimum Gasteiger partial charge on any atom is -0.478 e. The number of nitrogens with zero attached hydrogens (tertiary/aromatic N) is 3. The average Bonchev–Trinajstić information content (AvgIpc) is 2.99. The van der Waals surface area contributed by atoms with E-state index in [1.54, 1.807) is 35.1 Å². The summed E-state index contributed by atoms with van der Waals surface area (Å²) in [6, 6.07) is 10.6. The van der Waals surface area contributed by atoms with E-state index in [0.717, 1.165) is 16.6 Å². The van der Waals surface area contributed by atoms with Gasteiger partial charge in [-0.2, -0.15) is 0 Å². The monoisotopic (exact) mass is 338 g/mol. The quantitative estimate of drug-likeness (QED) is 0.590. The van der Waals surface area contributed by atoms with E-state index in [2.05, 4.69) is 15.3 Å². The lowest BCUT2D eigenvalue weighted by Crippen LogP contribution is -2.02. The molecule has 0 saturated carbocycles. The highest BCUT2D eigenvalue weighted by molar-refractivity contribution is 6.30. The number of aromatic carboxylic acids is 1. The summed E-state index contributed by atoms with van der Waals surface area (Å²) in [7, 11) is 0. The van der Waals surface area contributed by atoms with Gasteiger partial charge in [0.05, 0.1) is 11.7 Å². The van der Waals surface area contributed by atoms with E-state index in [-0.39, 0.29) is 5.56 Å². The lowest BCUT2D eigenvalue weighted by atomic mass is 10.2. The topological polar surface area (TPSA) is 79.5 Å². The van der Waals surface area contributed by atoms with E-state index in [1.807, 2.05) is 18.2 Å². The second-order valence-corrected chi connectivity index (χ2v) is 5.65. The van der Waals surface area contributed by atoms with Crippen molar-refractivity contribution in [3.63, 3.8) is 0 Å². The lowest BCUT2D eigenvalue weighted by Gasteiger charge is -2.11. The Hall–Kier alpha value is -3.12. The van der Waals surface area contributed by atoms with Crippen LogP contribution in [0.15, 0.2) is 55.0 Å².